The molecule has 7 heteroatoms. The number of amides is 1. The van der Waals surface area contributed by atoms with Crippen LogP contribution in [0.1, 0.15) is 15.2 Å². The maximum atomic E-state index is 12.3. The lowest BCUT2D eigenvalue weighted by Crippen LogP contribution is -2.30. The van der Waals surface area contributed by atoms with Crippen LogP contribution in [0.4, 0.5) is 0 Å². The van der Waals surface area contributed by atoms with E-state index in [0.29, 0.717) is 9.90 Å². The van der Waals surface area contributed by atoms with Crippen molar-refractivity contribution in [1.29, 1.82) is 0 Å². The van der Waals surface area contributed by atoms with Crippen molar-refractivity contribution >= 4 is 60.8 Å². The average molecular weight is 439 g/mol. The van der Waals surface area contributed by atoms with Crippen LogP contribution in [-0.4, -0.2) is 18.4 Å². The fourth-order valence-electron chi connectivity index (χ4n) is 2.23. The number of carbonyl (C=O) groups is 2. The molecule has 0 saturated heterocycles. The van der Waals surface area contributed by atoms with Gasteiger partial charge in [0.25, 0.3) is 5.91 Å². The van der Waals surface area contributed by atoms with Crippen molar-refractivity contribution in [2.24, 2.45) is 0 Å². The predicted molar refractivity (Wildman–Crippen MR) is 103 cm³/mol. The Balaban J connectivity index is 1.56. The zero-order chi connectivity index (χ0) is 17.8. The highest BCUT2D eigenvalue weighted by Gasteiger charge is 2.17. The Morgan fingerprint density at radius 2 is 1.96 bits per heavy atom. The van der Waals surface area contributed by atoms with E-state index in [9.17, 15) is 9.59 Å². The number of rotatable bonds is 5. The minimum absolute atomic E-state index is 0.151. The van der Waals surface area contributed by atoms with Crippen LogP contribution in [0.25, 0.3) is 10.1 Å². The molecule has 3 rings (SSSR count). The lowest BCUT2D eigenvalue weighted by Gasteiger charge is -2.06. The minimum Gasteiger partial charge on any atom is -0.460 e. The standard InChI is InChI=1S/C18H13BrClNO3S/c19-12-5-3-4-11(8-12)10-24-15(22)9-21-18(23)17-16(20)13-6-1-2-7-14(13)25-17/h1-8H,9-10H2,(H,21,23). The number of hydrogen-bond acceptors (Lipinski definition) is 4. The number of nitrogens with one attached hydrogen (secondary N) is 1. The quantitative estimate of drug-likeness (QED) is 0.583. The number of fused-ring (bicyclic) bond motifs is 1. The summed E-state index contributed by atoms with van der Waals surface area (Å²) >= 11 is 10.9. The molecular weight excluding hydrogens is 426 g/mol. The van der Waals surface area contributed by atoms with Crippen molar-refractivity contribution in [1.82, 2.24) is 5.32 Å². The molecule has 0 spiro atoms. The maximum Gasteiger partial charge on any atom is 0.325 e. The molecular formula is C18H13BrClNO3S. The lowest BCUT2D eigenvalue weighted by molar-refractivity contribution is -0.143. The van der Waals surface area contributed by atoms with Gasteiger partial charge in [-0.05, 0) is 23.8 Å². The van der Waals surface area contributed by atoms with E-state index < -0.39 is 5.97 Å². The molecule has 0 bridgehead atoms. The van der Waals surface area contributed by atoms with Gasteiger partial charge in [0.15, 0.2) is 0 Å². The molecule has 3 aromatic rings. The molecule has 1 amide bonds. The smallest absolute Gasteiger partial charge is 0.325 e. The van der Waals surface area contributed by atoms with Crippen LogP contribution in [0.15, 0.2) is 53.0 Å². The second-order valence-corrected chi connectivity index (χ2v) is 7.56. The number of carbonyl (C=O) groups excluding carboxylic acids is 2. The summed E-state index contributed by atoms with van der Waals surface area (Å²) in [6.07, 6.45) is 0. The number of halogens is 2. The molecule has 1 heterocycles. The summed E-state index contributed by atoms with van der Waals surface area (Å²) in [6, 6.07) is 15.0. The van der Waals surface area contributed by atoms with Crippen LogP contribution in [0.3, 0.4) is 0 Å². The highest BCUT2D eigenvalue weighted by atomic mass is 79.9. The monoisotopic (exact) mass is 437 g/mol. The number of hydrogen-bond donors (Lipinski definition) is 1. The van der Waals surface area contributed by atoms with Gasteiger partial charge in [0.2, 0.25) is 0 Å². The molecule has 1 aromatic heterocycles. The minimum atomic E-state index is -0.509. The van der Waals surface area contributed by atoms with Gasteiger partial charge >= 0.3 is 5.97 Å². The van der Waals surface area contributed by atoms with Crippen LogP contribution >= 0.6 is 38.9 Å². The van der Waals surface area contributed by atoms with E-state index in [0.717, 1.165) is 20.1 Å². The normalized spacial score (nSPS) is 10.6. The average Bonchev–Trinajstić information content (AvgIpc) is 2.95. The molecule has 1 N–H and O–H groups in total. The van der Waals surface area contributed by atoms with E-state index >= 15 is 0 Å². The molecule has 4 nitrogen and oxygen atoms in total. The molecule has 25 heavy (non-hydrogen) atoms. The highest BCUT2D eigenvalue weighted by Crippen LogP contribution is 2.34. The van der Waals surface area contributed by atoms with Crippen molar-refractivity contribution in [3.05, 3.63) is 68.5 Å². The number of thiophene rings is 1. The molecule has 0 aliphatic rings. The van der Waals surface area contributed by atoms with Crippen molar-refractivity contribution in [3.63, 3.8) is 0 Å². The topological polar surface area (TPSA) is 55.4 Å². The summed E-state index contributed by atoms with van der Waals surface area (Å²) in [5.74, 6) is -0.892. The fraction of sp³-hybridized carbons (Fsp3) is 0.111. The largest absolute Gasteiger partial charge is 0.460 e. The first-order chi connectivity index (χ1) is 12.0. The second-order valence-electron chi connectivity index (χ2n) is 5.21. The van der Waals surface area contributed by atoms with Crippen molar-refractivity contribution in [3.8, 4) is 0 Å². The van der Waals surface area contributed by atoms with Gasteiger partial charge in [-0.3, -0.25) is 9.59 Å². The zero-order valence-electron chi connectivity index (χ0n) is 12.9. The van der Waals surface area contributed by atoms with Crippen molar-refractivity contribution < 1.29 is 14.3 Å². The second kappa shape index (κ2) is 7.99. The summed E-state index contributed by atoms with van der Waals surface area (Å²) in [4.78, 5) is 24.5. The van der Waals surface area contributed by atoms with Crippen molar-refractivity contribution in [2.45, 2.75) is 6.61 Å². The summed E-state index contributed by atoms with van der Waals surface area (Å²) < 4.78 is 6.99. The Morgan fingerprint density at radius 3 is 2.72 bits per heavy atom. The molecule has 0 saturated carbocycles. The molecule has 2 aromatic carbocycles. The van der Waals surface area contributed by atoms with E-state index in [1.165, 1.54) is 11.3 Å². The summed E-state index contributed by atoms with van der Waals surface area (Å²) in [5.41, 5.74) is 0.863. The van der Waals surface area contributed by atoms with Gasteiger partial charge < -0.3 is 10.1 Å². The third-order valence-electron chi connectivity index (χ3n) is 3.42. The van der Waals surface area contributed by atoms with Crippen LogP contribution < -0.4 is 5.32 Å². The number of ether oxygens (including phenoxy) is 1. The van der Waals surface area contributed by atoms with Gasteiger partial charge in [-0.25, -0.2) is 0 Å². The van der Waals surface area contributed by atoms with E-state index in [4.69, 9.17) is 16.3 Å². The van der Waals surface area contributed by atoms with Gasteiger partial charge in [-0.1, -0.05) is 57.9 Å². The summed E-state index contributed by atoms with van der Waals surface area (Å²) in [6.45, 7) is -0.0603. The van der Waals surface area contributed by atoms with E-state index in [1.807, 2.05) is 48.5 Å². The molecule has 0 aliphatic heterocycles. The van der Waals surface area contributed by atoms with Gasteiger partial charge in [-0.15, -0.1) is 11.3 Å². The zero-order valence-corrected chi connectivity index (χ0v) is 16.1. The van der Waals surface area contributed by atoms with E-state index in [2.05, 4.69) is 21.2 Å². The maximum absolute atomic E-state index is 12.3. The molecule has 0 fully saturated rings. The Bertz CT molecular complexity index is 941. The predicted octanol–water partition coefficient (Wildman–Crippen LogP) is 4.79. The van der Waals surface area contributed by atoms with Gasteiger partial charge in [0, 0.05) is 14.6 Å². The Kier molecular flexibility index (Phi) is 5.73. The third-order valence-corrected chi connectivity index (χ3v) is 5.59. The van der Waals surface area contributed by atoms with E-state index in [-0.39, 0.29) is 19.1 Å². The molecule has 0 radical (unpaired) electrons. The third kappa shape index (κ3) is 4.39. The van der Waals surface area contributed by atoms with E-state index in [1.54, 1.807) is 0 Å². The van der Waals surface area contributed by atoms with Gasteiger partial charge in [0.1, 0.15) is 18.0 Å². The molecule has 0 atom stereocenters. The molecule has 0 aliphatic carbocycles. The number of benzene rings is 2. The summed E-state index contributed by atoms with van der Waals surface area (Å²) in [5, 5.41) is 3.78. The first-order valence-corrected chi connectivity index (χ1v) is 9.38. The first kappa shape index (κ1) is 17.9. The Labute approximate surface area is 161 Å². The fourth-order valence-corrected chi connectivity index (χ4v) is 4.11. The molecule has 128 valence electrons. The Hall–Kier alpha value is -1.89. The van der Waals surface area contributed by atoms with Crippen molar-refractivity contribution in [2.75, 3.05) is 6.54 Å². The SMILES string of the molecule is O=C(CNC(=O)c1sc2ccccc2c1Cl)OCc1cccc(Br)c1. The van der Waals surface area contributed by atoms with Crippen LogP contribution in [0.5, 0.6) is 0 Å². The van der Waals surface area contributed by atoms with Crippen LogP contribution in [0.2, 0.25) is 5.02 Å². The molecule has 0 unspecified atom stereocenters. The number of esters is 1. The highest BCUT2D eigenvalue weighted by molar-refractivity contribution is 9.10. The van der Waals surface area contributed by atoms with Gasteiger partial charge in [0.05, 0.1) is 5.02 Å². The lowest BCUT2D eigenvalue weighted by atomic mass is 10.2. The Morgan fingerprint density at radius 1 is 1.16 bits per heavy atom. The van der Waals surface area contributed by atoms with Crippen LogP contribution in [0, 0.1) is 0 Å². The van der Waals surface area contributed by atoms with Gasteiger partial charge in [-0.2, -0.15) is 0 Å². The van der Waals surface area contributed by atoms with Crippen LogP contribution in [-0.2, 0) is 16.1 Å². The summed E-state index contributed by atoms with van der Waals surface area (Å²) in [7, 11) is 0. The first-order valence-electron chi connectivity index (χ1n) is 7.40.